The Morgan fingerprint density at radius 2 is 1.23 bits per heavy atom. The Balaban J connectivity index is 3.14. The van der Waals surface area contributed by atoms with E-state index in [1.807, 2.05) is 0 Å². The lowest BCUT2D eigenvalue weighted by atomic mass is 10.1. The summed E-state index contributed by atoms with van der Waals surface area (Å²) in [5.41, 5.74) is 3.15. The minimum absolute atomic E-state index is 0.156. The van der Waals surface area contributed by atoms with E-state index in [2.05, 4.69) is 85.9 Å². The molecule has 0 amide bonds. The van der Waals surface area contributed by atoms with Gasteiger partial charge in [0.25, 0.3) is 0 Å². The molecule has 1 rings (SSSR count). The van der Waals surface area contributed by atoms with Crippen molar-refractivity contribution in [2.45, 2.75) is 91.0 Å². The number of benzene rings is 1. The first kappa shape index (κ1) is 26.8. The lowest BCUT2D eigenvalue weighted by molar-refractivity contribution is -0.134. The molecule has 0 N–H and O–H groups in total. The number of ether oxygens (including phenoxy) is 1. The highest BCUT2D eigenvalue weighted by atomic mass is 28.4. The highest BCUT2D eigenvalue weighted by Crippen LogP contribution is 2.38. The van der Waals surface area contributed by atoms with Crippen molar-refractivity contribution in [3.63, 3.8) is 0 Å². The summed E-state index contributed by atoms with van der Waals surface area (Å²) in [6, 6.07) is 6.31. The van der Waals surface area contributed by atoms with E-state index in [4.69, 9.17) is 13.6 Å². The van der Waals surface area contributed by atoms with Crippen LogP contribution in [0.4, 0.5) is 0 Å². The van der Waals surface area contributed by atoms with Gasteiger partial charge in [0.05, 0.1) is 20.3 Å². The molecule has 0 aliphatic heterocycles. The number of methoxy groups -OCH3 is 1. The lowest BCUT2D eigenvalue weighted by Gasteiger charge is -2.36. The average Bonchev–Trinajstić information content (AvgIpc) is 2.61. The van der Waals surface area contributed by atoms with Gasteiger partial charge >= 0.3 is 5.97 Å². The maximum absolute atomic E-state index is 11.5. The summed E-state index contributed by atoms with van der Waals surface area (Å²) in [5.74, 6) is -0.364. The molecule has 0 radical (unpaired) electrons. The molecule has 0 atom stereocenters. The van der Waals surface area contributed by atoms with Crippen molar-refractivity contribution in [3.05, 3.63) is 41.0 Å². The zero-order chi connectivity index (χ0) is 23.4. The third kappa shape index (κ3) is 7.80. The van der Waals surface area contributed by atoms with Gasteiger partial charge in [0, 0.05) is 6.08 Å². The fourth-order valence-corrected chi connectivity index (χ4v) is 4.17. The molecular weight excluding hydrogens is 408 g/mol. The molecule has 0 bridgehead atoms. The first-order chi connectivity index (χ1) is 13.5. The summed E-state index contributed by atoms with van der Waals surface area (Å²) in [6.45, 7) is 23.6. The van der Waals surface area contributed by atoms with E-state index in [-0.39, 0.29) is 16.0 Å². The Morgan fingerprint density at radius 1 is 0.833 bits per heavy atom. The van der Waals surface area contributed by atoms with Crippen LogP contribution in [0.5, 0.6) is 0 Å². The number of esters is 1. The van der Waals surface area contributed by atoms with Crippen molar-refractivity contribution in [1.29, 1.82) is 0 Å². The van der Waals surface area contributed by atoms with Crippen molar-refractivity contribution >= 4 is 28.7 Å². The fourth-order valence-electron chi connectivity index (χ4n) is 2.25. The summed E-state index contributed by atoms with van der Waals surface area (Å²) < 4.78 is 17.6. The van der Waals surface area contributed by atoms with E-state index in [1.54, 1.807) is 6.08 Å². The highest BCUT2D eigenvalue weighted by Gasteiger charge is 2.38. The van der Waals surface area contributed by atoms with Crippen LogP contribution in [0, 0.1) is 0 Å². The number of hydrogen-bond donors (Lipinski definition) is 0. The molecular formula is C24H42O4Si2. The summed E-state index contributed by atoms with van der Waals surface area (Å²) in [5, 5.41) is 0.313. The molecule has 0 aliphatic rings. The smallest absolute Gasteiger partial charge is 0.330 e. The maximum Gasteiger partial charge on any atom is 0.330 e. The van der Waals surface area contributed by atoms with Gasteiger partial charge in [0.2, 0.25) is 0 Å². The lowest BCUT2D eigenvalue weighted by Crippen LogP contribution is -2.40. The van der Waals surface area contributed by atoms with Crippen LogP contribution in [0.3, 0.4) is 0 Å². The molecule has 30 heavy (non-hydrogen) atoms. The molecule has 0 fully saturated rings. The second-order valence-electron chi connectivity index (χ2n) is 11.0. The number of carbonyl (C=O) groups is 1. The maximum atomic E-state index is 11.5. The fraction of sp³-hybridized carbons (Fsp3) is 0.625. The van der Waals surface area contributed by atoms with E-state index < -0.39 is 16.6 Å². The number of carbonyl (C=O) groups excluding carboxylic acids is 1. The van der Waals surface area contributed by atoms with Gasteiger partial charge in [-0.3, -0.25) is 0 Å². The third-order valence-corrected chi connectivity index (χ3v) is 15.5. The van der Waals surface area contributed by atoms with E-state index >= 15 is 0 Å². The highest BCUT2D eigenvalue weighted by molar-refractivity contribution is 6.74. The first-order valence-electron chi connectivity index (χ1n) is 10.7. The molecule has 0 heterocycles. The van der Waals surface area contributed by atoms with Gasteiger partial charge in [-0.05, 0) is 71.2 Å². The van der Waals surface area contributed by atoms with Crippen LogP contribution in [-0.4, -0.2) is 29.7 Å². The van der Waals surface area contributed by atoms with Crippen LogP contribution in [0.1, 0.15) is 58.2 Å². The summed E-state index contributed by atoms with van der Waals surface area (Å²) in [4.78, 5) is 11.5. The van der Waals surface area contributed by atoms with Crippen LogP contribution in [-0.2, 0) is 31.6 Å². The second-order valence-corrected chi connectivity index (χ2v) is 20.7. The van der Waals surface area contributed by atoms with Gasteiger partial charge in [-0.25, -0.2) is 4.79 Å². The molecule has 0 saturated carbocycles. The second kappa shape index (κ2) is 9.94. The van der Waals surface area contributed by atoms with Gasteiger partial charge < -0.3 is 13.6 Å². The average molecular weight is 451 g/mol. The van der Waals surface area contributed by atoms with Crippen LogP contribution >= 0.6 is 0 Å². The quantitative estimate of drug-likeness (QED) is 0.245. The predicted octanol–water partition coefficient (Wildman–Crippen LogP) is 6.92. The zero-order valence-corrected chi connectivity index (χ0v) is 22.9. The topological polar surface area (TPSA) is 44.8 Å². The molecule has 0 aromatic heterocycles. The van der Waals surface area contributed by atoms with Gasteiger partial charge in [-0.2, -0.15) is 0 Å². The number of rotatable bonds is 8. The van der Waals surface area contributed by atoms with Crippen LogP contribution in [0.2, 0.25) is 36.3 Å². The van der Waals surface area contributed by atoms with Crippen molar-refractivity contribution in [2.24, 2.45) is 0 Å². The van der Waals surface area contributed by atoms with E-state index in [0.717, 1.165) is 16.7 Å². The normalized spacial score (nSPS) is 13.7. The standard InChI is InChI=1S/C24H42O4Si2/c1-23(2,3)29(8,9)27-17-20-14-19(12-13-22(25)26-7)15-21(16-20)18-28-30(10,11)24(4,5)6/h12-16H,17-18H2,1-11H3. The van der Waals surface area contributed by atoms with Gasteiger partial charge in [-0.15, -0.1) is 0 Å². The van der Waals surface area contributed by atoms with Gasteiger partial charge in [-0.1, -0.05) is 47.6 Å². The minimum Gasteiger partial charge on any atom is -0.466 e. The third-order valence-electron chi connectivity index (χ3n) is 6.50. The van der Waals surface area contributed by atoms with E-state index in [9.17, 15) is 4.79 Å². The Hall–Kier alpha value is -1.22. The first-order valence-corrected chi connectivity index (χ1v) is 16.5. The van der Waals surface area contributed by atoms with Crippen LogP contribution in [0.25, 0.3) is 6.08 Å². The summed E-state index contributed by atoms with van der Waals surface area (Å²) in [6.07, 6.45) is 3.24. The molecule has 0 aliphatic carbocycles. The van der Waals surface area contributed by atoms with Gasteiger partial charge in [0.15, 0.2) is 16.6 Å². The molecule has 0 spiro atoms. The Labute approximate surface area is 186 Å². The zero-order valence-electron chi connectivity index (χ0n) is 20.9. The molecule has 170 valence electrons. The molecule has 0 unspecified atom stereocenters. The summed E-state index contributed by atoms with van der Waals surface area (Å²) >= 11 is 0. The van der Waals surface area contributed by atoms with Crippen molar-refractivity contribution in [1.82, 2.24) is 0 Å². The molecule has 1 aromatic carbocycles. The molecule has 0 saturated heterocycles. The Kier molecular flexibility index (Phi) is 8.88. The predicted molar refractivity (Wildman–Crippen MR) is 131 cm³/mol. The van der Waals surface area contributed by atoms with Crippen LogP contribution < -0.4 is 0 Å². The Morgan fingerprint density at radius 3 is 1.57 bits per heavy atom. The van der Waals surface area contributed by atoms with Crippen molar-refractivity contribution < 1.29 is 18.4 Å². The van der Waals surface area contributed by atoms with E-state index in [0.29, 0.717) is 13.2 Å². The van der Waals surface area contributed by atoms with E-state index in [1.165, 1.54) is 13.2 Å². The summed E-state index contributed by atoms with van der Waals surface area (Å²) in [7, 11) is -2.33. The van der Waals surface area contributed by atoms with Crippen LogP contribution in [0.15, 0.2) is 24.3 Å². The SMILES string of the molecule is COC(=O)C=Cc1cc(CO[Si](C)(C)C(C)(C)C)cc(CO[Si](C)(C)C(C)(C)C)c1. The molecule has 6 heteroatoms. The Bertz CT molecular complexity index is 705. The molecule has 1 aromatic rings. The monoisotopic (exact) mass is 450 g/mol. The molecule has 4 nitrogen and oxygen atoms in total. The van der Waals surface area contributed by atoms with Crippen molar-refractivity contribution in [2.75, 3.05) is 7.11 Å². The van der Waals surface area contributed by atoms with Gasteiger partial charge in [0.1, 0.15) is 0 Å². The largest absolute Gasteiger partial charge is 0.466 e. The van der Waals surface area contributed by atoms with Crippen molar-refractivity contribution in [3.8, 4) is 0 Å². The minimum atomic E-state index is -1.85. The number of hydrogen-bond acceptors (Lipinski definition) is 4.